The lowest BCUT2D eigenvalue weighted by Crippen LogP contribution is -2.33. The monoisotopic (exact) mass is 326 g/mol. The lowest BCUT2D eigenvalue weighted by atomic mass is 10.2. The molecule has 0 amide bonds. The molecule has 0 aliphatic rings. The van der Waals surface area contributed by atoms with E-state index >= 15 is 0 Å². The molecule has 0 radical (unpaired) electrons. The third-order valence-corrected chi connectivity index (χ3v) is 3.96. The number of benzene rings is 2. The number of fused-ring (bicyclic) bond motifs is 3. The maximum atomic E-state index is 11.6. The number of nitrogens with zero attached hydrogens (tertiary/aromatic N) is 1. The highest BCUT2D eigenvalue weighted by Crippen LogP contribution is 2.28. The molecule has 6 heteroatoms. The fraction of sp³-hybridized carbons (Fsp3) is 0.222. The van der Waals surface area contributed by atoms with Crippen molar-refractivity contribution in [2.45, 2.75) is 19.0 Å². The molecule has 0 saturated heterocycles. The minimum atomic E-state index is -1.23. The van der Waals surface area contributed by atoms with Gasteiger partial charge in [0, 0.05) is 21.8 Å². The molecule has 1 heterocycles. The van der Waals surface area contributed by atoms with Crippen LogP contribution in [0.2, 0.25) is 0 Å². The van der Waals surface area contributed by atoms with Gasteiger partial charge in [0.2, 0.25) is 0 Å². The van der Waals surface area contributed by atoms with Gasteiger partial charge in [0.1, 0.15) is 12.6 Å². The van der Waals surface area contributed by atoms with Crippen molar-refractivity contribution >= 4 is 33.7 Å². The standard InChI is InChI=1S/C18H18N2O4/c19-14(18(22)23)11-17(21)24-10-9-20-15-7-3-1-5-12(15)13-6-2-4-8-16(13)20/h1-8,14H,9-11,19H2,(H,22,23)/t14-/m0/s1. The van der Waals surface area contributed by atoms with Gasteiger partial charge in [0.05, 0.1) is 13.0 Å². The maximum Gasteiger partial charge on any atom is 0.321 e. The first-order chi connectivity index (χ1) is 11.6. The van der Waals surface area contributed by atoms with E-state index in [1.54, 1.807) is 0 Å². The first-order valence-electron chi connectivity index (χ1n) is 7.68. The van der Waals surface area contributed by atoms with E-state index in [-0.39, 0.29) is 13.0 Å². The molecule has 3 rings (SSSR count). The van der Waals surface area contributed by atoms with E-state index in [4.69, 9.17) is 15.6 Å². The fourth-order valence-corrected chi connectivity index (χ4v) is 2.82. The summed E-state index contributed by atoms with van der Waals surface area (Å²) in [7, 11) is 0. The van der Waals surface area contributed by atoms with E-state index < -0.39 is 18.0 Å². The third kappa shape index (κ3) is 3.09. The third-order valence-electron chi connectivity index (χ3n) is 3.96. The molecule has 1 aromatic heterocycles. The van der Waals surface area contributed by atoms with E-state index in [2.05, 4.69) is 16.7 Å². The Morgan fingerprint density at radius 1 is 1.04 bits per heavy atom. The molecule has 3 aromatic rings. The van der Waals surface area contributed by atoms with Crippen molar-refractivity contribution in [3.8, 4) is 0 Å². The van der Waals surface area contributed by atoms with Gasteiger partial charge in [0.15, 0.2) is 0 Å². The molecule has 0 aliphatic heterocycles. The van der Waals surface area contributed by atoms with Crippen LogP contribution in [0.25, 0.3) is 21.8 Å². The maximum absolute atomic E-state index is 11.6. The van der Waals surface area contributed by atoms with Gasteiger partial charge >= 0.3 is 11.9 Å². The molecule has 6 nitrogen and oxygen atoms in total. The van der Waals surface area contributed by atoms with Crippen molar-refractivity contribution < 1.29 is 19.4 Å². The predicted octanol–water partition coefficient (Wildman–Crippen LogP) is 2.14. The van der Waals surface area contributed by atoms with Gasteiger partial charge in [-0.3, -0.25) is 9.59 Å². The molecule has 2 aromatic carbocycles. The Balaban J connectivity index is 1.75. The number of para-hydroxylation sites is 2. The van der Waals surface area contributed by atoms with Gasteiger partial charge in [-0.1, -0.05) is 36.4 Å². The smallest absolute Gasteiger partial charge is 0.321 e. The van der Waals surface area contributed by atoms with Crippen LogP contribution in [0.4, 0.5) is 0 Å². The van der Waals surface area contributed by atoms with Gasteiger partial charge in [-0.2, -0.15) is 0 Å². The topological polar surface area (TPSA) is 94.6 Å². The molecule has 0 bridgehead atoms. The molecule has 0 unspecified atom stereocenters. The second-order valence-corrected chi connectivity index (χ2v) is 5.56. The summed E-state index contributed by atoms with van der Waals surface area (Å²) in [6.45, 7) is 0.649. The molecular formula is C18H18N2O4. The lowest BCUT2D eigenvalue weighted by Gasteiger charge is -2.10. The van der Waals surface area contributed by atoms with E-state index in [0.29, 0.717) is 6.54 Å². The number of carbonyl (C=O) groups excluding carboxylic acids is 1. The number of carboxylic acids is 1. The van der Waals surface area contributed by atoms with Crippen LogP contribution in [0, 0.1) is 0 Å². The zero-order chi connectivity index (χ0) is 17.1. The normalized spacial score (nSPS) is 12.4. The highest BCUT2D eigenvalue weighted by atomic mass is 16.5. The molecule has 124 valence electrons. The van der Waals surface area contributed by atoms with E-state index in [1.165, 1.54) is 0 Å². The summed E-state index contributed by atoms with van der Waals surface area (Å²) in [5, 5.41) is 11.0. The second kappa shape index (κ2) is 6.72. The summed E-state index contributed by atoms with van der Waals surface area (Å²) in [5.41, 5.74) is 7.46. The predicted molar refractivity (Wildman–Crippen MR) is 90.6 cm³/mol. The quantitative estimate of drug-likeness (QED) is 0.677. The molecular weight excluding hydrogens is 308 g/mol. The van der Waals surface area contributed by atoms with E-state index in [0.717, 1.165) is 21.8 Å². The number of carbonyl (C=O) groups is 2. The van der Waals surface area contributed by atoms with Crippen molar-refractivity contribution in [2.24, 2.45) is 5.73 Å². The lowest BCUT2D eigenvalue weighted by molar-refractivity contribution is -0.149. The molecule has 0 aliphatic carbocycles. The second-order valence-electron chi connectivity index (χ2n) is 5.56. The van der Waals surface area contributed by atoms with Crippen molar-refractivity contribution in [1.29, 1.82) is 0 Å². The Bertz CT molecular complexity index is 847. The van der Waals surface area contributed by atoms with Crippen molar-refractivity contribution in [1.82, 2.24) is 4.57 Å². The van der Waals surface area contributed by atoms with Crippen LogP contribution in [0.1, 0.15) is 6.42 Å². The van der Waals surface area contributed by atoms with Crippen LogP contribution in [0.3, 0.4) is 0 Å². The first kappa shape index (κ1) is 16.0. The Morgan fingerprint density at radius 3 is 2.12 bits per heavy atom. The van der Waals surface area contributed by atoms with Gasteiger partial charge in [0.25, 0.3) is 0 Å². The molecule has 0 fully saturated rings. The number of aliphatic carboxylic acids is 1. The molecule has 3 N–H and O–H groups in total. The summed E-state index contributed by atoms with van der Waals surface area (Å²) < 4.78 is 7.22. The SMILES string of the molecule is N[C@@H](CC(=O)OCCn1c2ccccc2c2ccccc21)C(=O)O. The van der Waals surface area contributed by atoms with Crippen LogP contribution in [-0.2, 0) is 20.9 Å². The van der Waals surface area contributed by atoms with Crippen LogP contribution < -0.4 is 5.73 Å². The van der Waals surface area contributed by atoms with Gasteiger partial charge < -0.3 is 20.1 Å². The number of nitrogens with two attached hydrogens (primary N) is 1. The first-order valence-corrected chi connectivity index (χ1v) is 7.68. The summed E-state index contributed by atoms with van der Waals surface area (Å²) >= 11 is 0. The number of carboxylic acid groups (broad SMARTS) is 1. The number of hydrogen-bond acceptors (Lipinski definition) is 4. The Hall–Kier alpha value is -2.86. The zero-order valence-corrected chi connectivity index (χ0v) is 13.0. The highest BCUT2D eigenvalue weighted by Gasteiger charge is 2.17. The van der Waals surface area contributed by atoms with Crippen LogP contribution in [-0.4, -0.2) is 34.3 Å². The van der Waals surface area contributed by atoms with Crippen molar-refractivity contribution in [3.63, 3.8) is 0 Å². The summed E-state index contributed by atoms with van der Waals surface area (Å²) in [6.07, 6.45) is -0.331. The number of hydrogen-bond donors (Lipinski definition) is 2. The van der Waals surface area contributed by atoms with E-state index in [1.807, 2.05) is 36.4 Å². The zero-order valence-electron chi connectivity index (χ0n) is 13.0. The molecule has 24 heavy (non-hydrogen) atoms. The van der Waals surface area contributed by atoms with E-state index in [9.17, 15) is 9.59 Å². The fourth-order valence-electron chi connectivity index (χ4n) is 2.82. The number of esters is 1. The number of rotatable bonds is 6. The molecule has 0 spiro atoms. The van der Waals surface area contributed by atoms with Crippen LogP contribution in [0.15, 0.2) is 48.5 Å². The summed E-state index contributed by atoms with van der Waals surface area (Å²) in [6, 6.07) is 14.9. The van der Waals surface area contributed by atoms with Gasteiger partial charge in [-0.15, -0.1) is 0 Å². The largest absolute Gasteiger partial charge is 0.480 e. The van der Waals surface area contributed by atoms with Crippen molar-refractivity contribution in [3.05, 3.63) is 48.5 Å². The Labute approximate surface area is 138 Å². The Morgan fingerprint density at radius 2 is 1.58 bits per heavy atom. The summed E-state index contributed by atoms with van der Waals surface area (Å²) in [4.78, 5) is 22.3. The Kier molecular flexibility index (Phi) is 4.48. The number of ether oxygens (including phenoxy) is 1. The average molecular weight is 326 g/mol. The summed E-state index contributed by atoms with van der Waals surface area (Å²) in [5.74, 6) is -1.82. The molecule has 0 saturated carbocycles. The van der Waals surface area contributed by atoms with Crippen LogP contribution in [0.5, 0.6) is 0 Å². The van der Waals surface area contributed by atoms with Crippen molar-refractivity contribution in [2.75, 3.05) is 6.61 Å². The minimum absolute atomic E-state index is 0.161. The highest BCUT2D eigenvalue weighted by molar-refractivity contribution is 6.07. The van der Waals surface area contributed by atoms with Gasteiger partial charge in [-0.25, -0.2) is 0 Å². The number of aromatic nitrogens is 1. The average Bonchev–Trinajstić information content (AvgIpc) is 2.89. The minimum Gasteiger partial charge on any atom is -0.480 e. The molecule has 1 atom stereocenters. The van der Waals surface area contributed by atoms with Gasteiger partial charge in [-0.05, 0) is 12.1 Å². The van der Waals surface area contributed by atoms with Crippen LogP contribution >= 0.6 is 0 Å².